The Morgan fingerprint density at radius 2 is 1.89 bits per heavy atom. The molecule has 1 aliphatic carbocycles. The van der Waals surface area contributed by atoms with E-state index >= 15 is 0 Å². The second kappa shape index (κ2) is 5.46. The van der Waals surface area contributed by atoms with Crippen molar-refractivity contribution in [3.05, 3.63) is 29.8 Å². The number of nitrogens with one attached hydrogen (secondary N) is 1. The van der Waals surface area contributed by atoms with Gasteiger partial charge in [0.1, 0.15) is 0 Å². The molecule has 0 bridgehead atoms. The summed E-state index contributed by atoms with van der Waals surface area (Å²) in [5, 5.41) is 3.73. The fourth-order valence-electron chi connectivity index (χ4n) is 2.28. The number of thioether (sulfide) groups is 1. The highest BCUT2D eigenvalue weighted by Gasteiger charge is 2.28. The molecule has 1 heterocycles. The first-order valence-corrected chi connectivity index (χ1v) is 9.50. The van der Waals surface area contributed by atoms with Crippen molar-refractivity contribution in [3.8, 4) is 0 Å². The topological polar surface area (TPSA) is 46.2 Å². The summed E-state index contributed by atoms with van der Waals surface area (Å²) in [5.41, 5.74) is 1.30. The molecular weight excluding hydrogens is 278 g/mol. The molecule has 0 amide bonds. The molecule has 2 aliphatic rings. The Morgan fingerprint density at radius 3 is 2.47 bits per heavy atom. The van der Waals surface area contributed by atoms with Gasteiger partial charge in [0.05, 0.1) is 11.5 Å². The Morgan fingerprint density at radius 1 is 1.16 bits per heavy atom. The quantitative estimate of drug-likeness (QED) is 0.905. The van der Waals surface area contributed by atoms with Crippen molar-refractivity contribution in [1.82, 2.24) is 5.32 Å². The molecule has 0 radical (unpaired) electrons. The van der Waals surface area contributed by atoms with E-state index in [1.807, 2.05) is 0 Å². The van der Waals surface area contributed by atoms with Crippen molar-refractivity contribution in [1.29, 1.82) is 0 Å². The summed E-state index contributed by atoms with van der Waals surface area (Å²) in [5.74, 6) is 0.691. The second-order valence-electron chi connectivity index (χ2n) is 5.44. The van der Waals surface area contributed by atoms with E-state index in [1.165, 1.54) is 23.3 Å². The van der Waals surface area contributed by atoms with Crippen molar-refractivity contribution in [2.45, 2.75) is 42.0 Å². The lowest BCUT2D eigenvalue weighted by molar-refractivity contribution is 0.602. The summed E-state index contributed by atoms with van der Waals surface area (Å²) in [7, 11) is -2.77. The fourth-order valence-corrected chi connectivity index (χ4v) is 5.78. The fraction of sp³-hybridized carbons (Fsp3) is 0.571. The maximum Gasteiger partial charge on any atom is 0.151 e. The molecule has 3 rings (SSSR count). The first-order valence-electron chi connectivity index (χ1n) is 6.80. The van der Waals surface area contributed by atoms with E-state index in [9.17, 15) is 8.42 Å². The molecule has 1 saturated heterocycles. The molecule has 1 N–H and O–H groups in total. The van der Waals surface area contributed by atoms with Crippen molar-refractivity contribution < 1.29 is 8.42 Å². The summed E-state index contributed by atoms with van der Waals surface area (Å²) >= 11 is 1.70. The monoisotopic (exact) mass is 297 g/mol. The zero-order chi connectivity index (χ0) is 13.3. The Labute approximate surface area is 119 Å². The molecule has 1 aromatic carbocycles. The maximum atomic E-state index is 11.4. The average molecular weight is 297 g/mol. The molecule has 1 saturated carbocycles. The van der Waals surface area contributed by atoms with Crippen LogP contribution in [0.4, 0.5) is 0 Å². The standard InChI is InChI=1S/C14H19NO2S2/c16-19(17)8-7-14(10-19)18-13-5-1-11(2-6-13)9-15-12-3-4-12/h1-2,5-6,12,14-15H,3-4,7-10H2. The molecule has 5 heteroatoms. The van der Waals surface area contributed by atoms with Gasteiger partial charge in [0, 0.05) is 22.7 Å². The molecule has 0 aromatic heterocycles. The van der Waals surface area contributed by atoms with Gasteiger partial charge in [-0.05, 0) is 37.0 Å². The third-order valence-corrected chi connectivity index (χ3v) is 6.85. The van der Waals surface area contributed by atoms with Crippen LogP contribution in [0.3, 0.4) is 0 Å². The number of benzene rings is 1. The van der Waals surface area contributed by atoms with E-state index < -0.39 is 9.84 Å². The second-order valence-corrected chi connectivity index (χ2v) is 9.04. The Bertz CT molecular complexity index is 535. The summed E-state index contributed by atoms with van der Waals surface area (Å²) in [6, 6.07) is 9.24. The van der Waals surface area contributed by atoms with Crippen molar-refractivity contribution in [3.63, 3.8) is 0 Å². The molecule has 3 nitrogen and oxygen atoms in total. The Hall–Kier alpha value is -0.520. The van der Waals surface area contributed by atoms with Crippen LogP contribution < -0.4 is 5.32 Å². The highest BCUT2D eigenvalue weighted by Crippen LogP contribution is 2.31. The van der Waals surface area contributed by atoms with Gasteiger partial charge in [0.15, 0.2) is 9.84 Å². The number of rotatable bonds is 5. The van der Waals surface area contributed by atoms with Crippen LogP contribution in [0.15, 0.2) is 29.2 Å². The van der Waals surface area contributed by atoms with Gasteiger partial charge in [0.25, 0.3) is 0 Å². The minimum Gasteiger partial charge on any atom is -0.310 e. The van der Waals surface area contributed by atoms with Crippen LogP contribution >= 0.6 is 11.8 Å². The molecule has 1 atom stereocenters. The predicted molar refractivity (Wildman–Crippen MR) is 79.2 cm³/mol. The molecule has 1 unspecified atom stereocenters. The van der Waals surface area contributed by atoms with Gasteiger partial charge in [-0.1, -0.05) is 12.1 Å². The van der Waals surface area contributed by atoms with Gasteiger partial charge < -0.3 is 5.32 Å². The van der Waals surface area contributed by atoms with Crippen LogP contribution in [0, 0.1) is 0 Å². The number of hydrogen-bond acceptors (Lipinski definition) is 4. The Balaban J connectivity index is 1.53. The minimum atomic E-state index is -2.77. The van der Waals surface area contributed by atoms with Gasteiger partial charge in [-0.2, -0.15) is 0 Å². The molecule has 19 heavy (non-hydrogen) atoms. The van der Waals surface area contributed by atoms with E-state index in [0.29, 0.717) is 11.5 Å². The SMILES string of the molecule is O=S1(=O)CCC(Sc2ccc(CNC3CC3)cc2)C1. The summed E-state index contributed by atoms with van der Waals surface area (Å²) in [6.45, 7) is 0.938. The van der Waals surface area contributed by atoms with Gasteiger partial charge in [-0.25, -0.2) is 8.42 Å². The largest absolute Gasteiger partial charge is 0.310 e. The first kappa shape index (κ1) is 13.5. The molecule has 1 aromatic rings. The highest BCUT2D eigenvalue weighted by atomic mass is 32.2. The summed E-state index contributed by atoms with van der Waals surface area (Å²) < 4.78 is 22.8. The van der Waals surface area contributed by atoms with Crippen LogP contribution in [0.1, 0.15) is 24.8 Å². The smallest absolute Gasteiger partial charge is 0.151 e. The van der Waals surface area contributed by atoms with Crippen molar-refractivity contribution in [2.75, 3.05) is 11.5 Å². The van der Waals surface area contributed by atoms with Gasteiger partial charge in [-0.15, -0.1) is 11.8 Å². The number of hydrogen-bond donors (Lipinski definition) is 1. The third-order valence-electron chi connectivity index (χ3n) is 3.59. The number of sulfone groups is 1. The van der Waals surface area contributed by atoms with Crippen LogP contribution in [0.25, 0.3) is 0 Å². The lowest BCUT2D eigenvalue weighted by Gasteiger charge is -2.08. The molecular formula is C14H19NO2S2. The molecule has 1 aliphatic heterocycles. The van der Waals surface area contributed by atoms with E-state index in [1.54, 1.807) is 11.8 Å². The Kier molecular flexibility index (Phi) is 3.87. The highest BCUT2D eigenvalue weighted by molar-refractivity contribution is 8.01. The lowest BCUT2D eigenvalue weighted by Crippen LogP contribution is -2.15. The van der Waals surface area contributed by atoms with Gasteiger partial charge >= 0.3 is 0 Å². The molecule has 2 fully saturated rings. The first-order chi connectivity index (χ1) is 9.11. The average Bonchev–Trinajstić information content (AvgIpc) is 3.14. The summed E-state index contributed by atoms with van der Waals surface area (Å²) in [6.07, 6.45) is 3.41. The minimum absolute atomic E-state index is 0.237. The van der Waals surface area contributed by atoms with Crippen LogP contribution in [0.5, 0.6) is 0 Å². The maximum absolute atomic E-state index is 11.4. The van der Waals surface area contributed by atoms with E-state index in [-0.39, 0.29) is 5.25 Å². The van der Waals surface area contributed by atoms with Crippen LogP contribution in [0.2, 0.25) is 0 Å². The zero-order valence-corrected chi connectivity index (χ0v) is 12.5. The van der Waals surface area contributed by atoms with Crippen molar-refractivity contribution in [2.24, 2.45) is 0 Å². The third kappa shape index (κ3) is 3.97. The lowest BCUT2D eigenvalue weighted by atomic mass is 10.2. The van der Waals surface area contributed by atoms with E-state index in [4.69, 9.17) is 0 Å². The van der Waals surface area contributed by atoms with E-state index in [2.05, 4.69) is 29.6 Å². The predicted octanol–water partition coefficient (Wildman–Crippen LogP) is 2.22. The van der Waals surface area contributed by atoms with E-state index in [0.717, 1.165) is 19.0 Å². The van der Waals surface area contributed by atoms with Gasteiger partial charge in [0.2, 0.25) is 0 Å². The van der Waals surface area contributed by atoms with Gasteiger partial charge in [-0.3, -0.25) is 0 Å². The molecule has 0 spiro atoms. The van der Waals surface area contributed by atoms with Crippen molar-refractivity contribution >= 4 is 21.6 Å². The summed E-state index contributed by atoms with van der Waals surface area (Å²) in [4.78, 5) is 1.18. The normalized spacial score (nSPS) is 25.6. The van der Waals surface area contributed by atoms with Crippen LogP contribution in [-0.4, -0.2) is 31.2 Å². The van der Waals surface area contributed by atoms with Crippen LogP contribution in [-0.2, 0) is 16.4 Å². The zero-order valence-electron chi connectivity index (χ0n) is 10.8. The molecule has 104 valence electrons.